The molecule has 2 N–H and O–H groups in total. The highest BCUT2D eigenvalue weighted by Gasteiger charge is 2.39. The molecule has 53 heavy (non-hydrogen) atoms. The number of carbonyl (C=O) groups excluding carboxylic acids is 1. The smallest absolute Gasteiger partial charge is 0.419 e. The number of rotatable bonds is 7. The quantitative estimate of drug-likeness (QED) is 0.236. The van der Waals surface area contributed by atoms with E-state index in [4.69, 9.17) is 0 Å². The zero-order valence-corrected chi connectivity index (χ0v) is 29.1. The fourth-order valence-electron chi connectivity index (χ4n) is 7.33. The average molecular weight is 756 g/mol. The minimum Gasteiger partial charge on any atom is -0.481 e. The number of aryl methyl sites for hydroxylation is 3. The molecule has 3 heterocycles. The van der Waals surface area contributed by atoms with Gasteiger partial charge < -0.3 is 19.9 Å². The van der Waals surface area contributed by atoms with Crippen molar-refractivity contribution < 1.29 is 49.8 Å². The predicted molar refractivity (Wildman–Crippen MR) is 180 cm³/mol. The molecule has 1 saturated heterocycles. The van der Waals surface area contributed by atoms with Gasteiger partial charge in [0.05, 0.1) is 23.6 Å². The van der Waals surface area contributed by atoms with Crippen LogP contribution in [-0.2, 0) is 34.8 Å². The third kappa shape index (κ3) is 9.64. The molecule has 2 aliphatic heterocycles. The van der Waals surface area contributed by atoms with Crippen molar-refractivity contribution in [3.63, 3.8) is 0 Å². The van der Waals surface area contributed by atoms with Crippen LogP contribution in [0.5, 0.6) is 0 Å². The van der Waals surface area contributed by atoms with Crippen LogP contribution in [0.15, 0.2) is 41.3 Å². The number of hydrogen-bond donors (Lipinski definition) is 2. The second-order valence-electron chi connectivity index (χ2n) is 13.9. The number of amides is 1. The van der Waals surface area contributed by atoms with Gasteiger partial charge in [0.15, 0.2) is 0 Å². The first-order valence-electron chi connectivity index (χ1n) is 17.7. The number of carboxylic acid groups (broad SMARTS) is 1. The number of fused-ring (bicyclic) bond motifs is 4. The van der Waals surface area contributed by atoms with Gasteiger partial charge >= 0.3 is 18.3 Å². The first-order valence-corrected chi connectivity index (χ1v) is 17.7. The summed E-state index contributed by atoms with van der Waals surface area (Å²) in [6.07, 6.45) is -6.25. The average Bonchev–Trinajstić information content (AvgIpc) is 3.02. The van der Waals surface area contributed by atoms with Gasteiger partial charge in [-0.05, 0) is 117 Å². The van der Waals surface area contributed by atoms with Crippen molar-refractivity contribution in [2.75, 3.05) is 19.6 Å². The molecule has 288 valence electrons. The van der Waals surface area contributed by atoms with Crippen molar-refractivity contribution >= 4 is 11.9 Å². The lowest BCUT2D eigenvalue weighted by Gasteiger charge is -2.30. The first-order chi connectivity index (χ1) is 24.9. The molecule has 2 aliphatic rings. The molecular formula is C38H41F8N3O4. The fraction of sp³-hybridized carbons (Fsp3) is 0.500. The highest BCUT2D eigenvalue weighted by atomic mass is 19.4. The molecule has 2 aromatic carbocycles. The molecule has 7 nitrogen and oxygen atoms in total. The standard InChI is InChI=1S/C38H41F8N3O4/c1-22-15-26(39)16-23-9-5-3-2-4-6-11-31(49-21-24(10-7-12-48-13-8-14-48)28(19-32(49)50)37(41,42)43)36(53)47-30(20-33(51)52)27-17-25(34(22)23)18-29(35(27)40)38(44,45)46/h15-19,21,30-31H,2-14,20H2,1H3,(H,47,53)(H,51,52)/t30-,31-/m0/s1. The van der Waals surface area contributed by atoms with E-state index in [9.17, 15) is 50.2 Å². The Kier molecular flexibility index (Phi) is 12.4. The van der Waals surface area contributed by atoms with Crippen LogP contribution < -0.4 is 10.9 Å². The van der Waals surface area contributed by atoms with Crippen molar-refractivity contribution in [1.29, 1.82) is 0 Å². The Labute approximate surface area is 301 Å². The molecule has 0 unspecified atom stereocenters. The molecule has 1 fully saturated rings. The lowest BCUT2D eigenvalue weighted by Crippen LogP contribution is -2.40. The number of nitrogens with zero attached hydrogens (tertiary/aromatic N) is 2. The molecule has 0 spiro atoms. The Morgan fingerprint density at radius 1 is 0.887 bits per heavy atom. The van der Waals surface area contributed by atoms with Crippen LogP contribution in [0.3, 0.4) is 0 Å². The van der Waals surface area contributed by atoms with E-state index in [0.29, 0.717) is 62.8 Å². The van der Waals surface area contributed by atoms with Crippen molar-refractivity contribution in [2.45, 2.75) is 102 Å². The van der Waals surface area contributed by atoms with Crippen LogP contribution in [0.2, 0.25) is 0 Å². The summed E-state index contributed by atoms with van der Waals surface area (Å²) in [5.74, 6) is -5.12. The van der Waals surface area contributed by atoms with Crippen LogP contribution >= 0.6 is 0 Å². The highest BCUT2D eigenvalue weighted by Crippen LogP contribution is 2.41. The Morgan fingerprint density at radius 3 is 2.21 bits per heavy atom. The van der Waals surface area contributed by atoms with Crippen LogP contribution in [-0.4, -0.2) is 46.1 Å². The van der Waals surface area contributed by atoms with Gasteiger partial charge in [0, 0.05) is 17.8 Å². The molecule has 0 radical (unpaired) electrons. The number of hydrogen-bond acceptors (Lipinski definition) is 4. The van der Waals surface area contributed by atoms with Gasteiger partial charge in [0.2, 0.25) is 5.91 Å². The van der Waals surface area contributed by atoms with Gasteiger partial charge in [0.25, 0.3) is 5.56 Å². The molecule has 0 saturated carbocycles. The number of aliphatic carboxylic acids is 1. The highest BCUT2D eigenvalue weighted by molar-refractivity contribution is 5.82. The van der Waals surface area contributed by atoms with Crippen LogP contribution in [0.4, 0.5) is 35.1 Å². The Balaban J connectivity index is 1.64. The van der Waals surface area contributed by atoms with Gasteiger partial charge in [-0.1, -0.05) is 25.7 Å². The van der Waals surface area contributed by atoms with E-state index in [2.05, 4.69) is 10.2 Å². The van der Waals surface area contributed by atoms with Crippen LogP contribution in [0, 0.1) is 18.6 Å². The second-order valence-corrected chi connectivity index (χ2v) is 13.9. The molecule has 2 atom stereocenters. The van der Waals surface area contributed by atoms with Gasteiger partial charge in [-0.3, -0.25) is 14.4 Å². The summed E-state index contributed by atoms with van der Waals surface area (Å²) in [6.45, 7) is 3.66. The van der Waals surface area contributed by atoms with Crippen LogP contribution in [0.1, 0.15) is 103 Å². The first kappa shape index (κ1) is 39.9. The zero-order valence-electron chi connectivity index (χ0n) is 29.1. The number of halogens is 8. The number of likely N-dealkylation sites (tertiary alicyclic amines) is 1. The van der Waals surface area contributed by atoms with Crippen LogP contribution in [0.25, 0.3) is 11.1 Å². The monoisotopic (exact) mass is 755 g/mol. The van der Waals surface area contributed by atoms with E-state index in [0.717, 1.165) is 42.4 Å². The van der Waals surface area contributed by atoms with Gasteiger partial charge in [0.1, 0.15) is 17.7 Å². The van der Waals surface area contributed by atoms with Gasteiger partial charge in [-0.25, -0.2) is 8.78 Å². The normalized spacial score (nSPS) is 19.3. The third-order valence-corrected chi connectivity index (χ3v) is 10.0. The minimum absolute atomic E-state index is 0.0649. The van der Waals surface area contributed by atoms with Crippen molar-refractivity contribution in [2.24, 2.45) is 0 Å². The number of alkyl halides is 6. The van der Waals surface area contributed by atoms with Gasteiger partial charge in [-0.15, -0.1) is 0 Å². The number of carboxylic acids is 1. The summed E-state index contributed by atoms with van der Waals surface area (Å²) in [4.78, 5) is 41.6. The lowest BCUT2D eigenvalue weighted by atomic mass is 9.87. The molecule has 5 rings (SSSR count). The molecule has 2 bridgehead atoms. The van der Waals surface area contributed by atoms with Crippen molar-refractivity contribution in [3.05, 3.63) is 91.9 Å². The SMILES string of the molecule is Cc1cc(F)cc2c1-c1cc(c(F)c(C(F)(F)F)c1)[C@H](CC(=O)O)NC(=O)[C@@H](n1cc(CCCN3CCC3)c(C(F)(F)F)cc1=O)CCCCCCC2. The predicted octanol–water partition coefficient (Wildman–Crippen LogP) is 8.55. The maximum atomic E-state index is 16.0. The van der Waals surface area contributed by atoms with E-state index in [1.807, 2.05) is 0 Å². The summed E-state index contributed by atoms with van der Waals surface area (Å²) in [7, 11) is 0. The Hall–Kier alpha value is -4.27. The topological polar surface area (TPSA) is 91.6 Å². The van der Waals surface area contributed by atoms with E-state index < -0.39 is 76.6 Å². The second kappa shape index (κ2) is 16.4. The third-order valence-electron chi connectivity index (χ3n) is 10.0. The molecule has 1 amide bonds. The molecular weight excluding hydrogens is 714 g/mol. The number of carbonyl (C=O) groups is 2. The maximum Gasteiger partial charge on any atom is 0.419 e. The number of aromatic nitrogens is 1. The molecule has 1 aromatic heterocycles. The summed E-state index contributed by atoms with van der Waals surface area (Å²) < 4.78 is 117. The molecule has 3 aromatic rings. The minimum atomic E-state index is -5.26. The van der Waals surface area contributed by atoms with E-state index in [-0.39, 0.29) is 41.5 Å². The Morgan fingerprint density at radius 2 is 1.57 bits per heavy atom. The summed E-state index contributed by atoms with van der Waals surface area (Å²) in [6, 6.07) is 0.911. The summed E-state index contributed by atoms with van der Waals surface area (Å²) >= 11 is 0. The zero-order chi connectivity index (χ0) is 38.7. The Bertz CT molecular complexity index is 1880. The summed E-state index contributed by atoms with van der Waals surface area (Å²) in [5.41, 5.74) is -4.39. The van der Waals surface area contributed by atoms with E-state index in [1.165, 1.54) is 13.0 Å². The number of pyridine rings is 1. The largest absolute Gasteiger partial charge is 0.481 e. The lowest BCUT2D eigenvalue weighted by molar-refractivity contribution is -0.140. The molecule has 0 aliphatic carbocycles. The fourth-order valence-corrected chi connectivity index (χ4v) is 7.33. The number of nitrogens with one attached hydrogen (secondary N) is 1. The van der Waals surface area contributed by atoms with Crippen molar-refractivity contribution in [3.8, 4) is 11.1 Å². The van der Waals surface area contributed by atoms with Gasteiger partial charge in [-0.2, -0.15) is 26.3 Å². The molecule has 15 heteroatoms. The van der Waals surface area contributed by atoms with E-state index in [1.54, 1.807) is 0 Å². The maximum absolute atomic E-state index is 16.0. The summed E-state index contributed by atoms with van der Waals surface area (Å²) in [5, 5.41) is 12.1. The van der Waals surface area contributed by atoms with Crippen molar-refractivity contribution in [1.82, 2.24) is 14.8 Å². The van der Waals surface area contributed by atoms with E-state index >= 15 is 4.39 Å². The number of benzene rings is 2.